The van der Waals surface area contributed by atoms with Gasteiger partial charge in [0.25, 0.3) is 5.91 Å². The molecule has 15 heavy (non-hydrogen) atoms. The fraction of sp³-hybridized carbons (Fsp3) is 0.455. The molecule has 1 aliphatic rings. The van der Waals surface area contributed by atoms with E-state index >= 15 is 0 Å². The number of nitrogens with one attached hydrogen (secondary N) is 1. The van der Waals surface area contributed by atoms with Crippen LogP contribution in [0.4, 0.5) is 5.82 Å². The number of anilines is 1. The van der Waals surface area contributed by atoms with Gasteiger partial charge < -0.3 is 11.1 Å². The fourth-order valence-corrected chi connectivity index (χ4v) is 1.93. The predicted molar refractivity (Wildman–Crippen MR) is 58.6 cm³/mol. The van der Waals surface area contributed by atoms with Crippen molar-refractivity contribution in [2.24, 2.45) is 11.7 Å². The van der Waals surface area contributed by atoms with Gasteiger partial charge >= 0.3 is 0 Å². The van der Waals surface area contributed by atoms with Crippen LogP contribution in [-0.2, 0) is 0 Å². The minimum atomic E-state index is -0.432. The number of rotatable bonds is 3. The fourth-order valence-electron chi connectivity index (χ4n) is 1.93. The quantitative estimate of drug-likeness (QED) is 0.783. The molecule has 4 heteroatoms. The number of pyridine rings is 1. The Labute approximate surface area is 88.9 Å². The third kappa shape index (κ3) is 2.09. The van der Waals surface area contributed by atoms with Crippen LogP contribution >= 0.6 is 0 Å². The molecule has 0 bridgehead atoms. The zero-order valence-electron chi connectivity index (χ0n) is 8.73. The van der Waals surface area contributed by atoms with Crippen molar-refractivity contribution >= 4 is 11.7 Å². The second kappa shape index (κ2) is 3.88. The Morgan fingerprint density at radius 1 is 1.60 bits per heavy atom. The summed E-state index contributed by atoms with van der Waals surface area (Å²) in [5.41, 5.74) is 5.73. The Bertz CT molecular complexity index is 372. The third-order valence-corrected chi connectivity index (χ3v) is 2.79. The summed E-state index contributed by atoms with van der Waals surface area (Å²) in [6, 6.07) is 3.85. The maximum atomic E-state index is 11.1. The second-order valence-corrected chi connectivity index (χ2v) is 4.18. The summed E-state index contributed by atoms with van der Waals surface area (Å²) in [7, 11) is 0. The minimum absolute atomic E-state index is 0.432. The van der Waals surface area contributed by atoms with Crippen LogP contribution in [0.25, 0.3) is 0 Å². The van der Waals surface area contributed by atoms with Crippen LogP contribution < -0.4 is 11.1 Å². The Balaban J connectivity index is 2.10. The van der Waals surface area contributed by atoms with E-state index in [4.69, 9.17) is 5.73 Å². The van der Waals surface area contributed by atoms with Crippen molar-refractivity contribution in [1.82, 2.24) is 4.98 Å². The highest BCUT2D eigenvalue weighted by Gasteiger charge is 2.26. The summed E-state index contributed by atoms with van der Waals surface area (Å²) in [6.45, 7) is 2.21. The zero-order chi connectivity index (χ0) is 10.8. The van der Waals surface area contributed by atoms with Crippen LogP contribution in [0, 0.1) is 5.92 Å². The lowest BCUT2D eigenvalue weighted by Gasteiger charge is -2.33. The molecule has 0 aromatic carbocycles. The second-order valence-electron chi connectivity index (χ2n) is 4.18. The van der Waals surface area contributed by atoms with Gasteiger partial charge in [0.2, 0.25) is 0 Å². The maximum absolute atomic E-state index is 11.1. The monoisotopic (exact) mass is 205 g/mol. The molecule has 1 saturated carbocycles. The first-order valence-electron chi connectivity index (χ1n) is 5.18. The molecule has 0 radical (unpaired) electrons. The highest BCUT2D eigenvalue weighted by Crippen LogP contribution is 2.29. The van der Waals surface area contributed by atoms with E-state index in [-0.39, 0.29) is 0 Å². The number of hydrogen-bond acceptors (Lipinski definition) is 3. The summed E-state index contributed by atoms with van der Waals surface area (Å²) in [6.07, 6.45) is 3.93. The lowest BCUT2D eigenvalue weighted by molar-refractivity contribution is 0.100. The van der Waals surface area contributed by atoms with Gasteiger partial charge in [-0.05, 0) is 30.9 Å². The molecule has 0 unspecified atom stereocenters. The summed E-state index contributed by atoms with van der Waals surface area (Å²) in [5, 5.41) is 3.25. The van der Waals surface area contributed by atoms with Crippen LogP contribution in [-0.4, -0.2) is 16.9 Å². The Kier molecular flexibility index (Phi) is 2.58. The molecule has 1 aliphatic carbocycles. The van der Waals surface area contributed by atoms with E-state index in [1.54, 1.807) is 18.3 Å². The van der Waals surface area contributed by atoms with E-state index in [0.29, 0.717) is 17.4 Å². The predicted octanol–water partition coefficient (Wildman–Crippen LogP) is 1.39. The summed E-state index contributed by atoms with van der Waals surface area (Å²) < 4.78 is 0. The molecule has 1 fully saturated rings. The van der Waals surface area contributed by atoms with Crippen LogP contribution in [0.15, 0.2) is 18.3 Å². The van der Waals surface area contributed by atoms with Crippen molar-refractivity contribution in [3.8, 4) is 0 Å². The van der Waals surface area contributed by atoms with Gasteiger partial charge in [-0.1, -0.05) is 6.92 Å². The average Bonchev–Trinajstić information content (AvgIpc) is 2.16. The van der Waals surface area contributed by atoms with E-state index < -0.39 is 5.91 Å². The lowest BCUT2D eigenvalue weighted by atomic mass is 9.82. The van der Waals surface area contributed by atoms with Gasteiger partial charge in [0.05, 0.1) is 5.56 Å². The molecular weight excluding hydrogens is 190 g/mol. The van der Waals surface area contributed by atoms with Crippen molar-refractivity contribution in [1.29, 1.82) is 0 Å². The van der Waals surface area contributed by atoms with E-state index in [9.17, 15) is 4.79 Å². The third-order valence-electron chi connectivity index (χ3n) is 2.79. The van der Waals surface area contributed by atoms with Crippen LogP contribution in [0.2, 0.25) is 0 Å². The first kappa shape index (κ1) is 9.96. The van der Waals surface area contributed by atoms with E-state index in [1.165, 1.54) is 0 Å². The largest absolute Gasteiger partial charge is 0.367 e. The lowest BCUT2D eigenvalue weighted by Crippen LogP contribution is -2.34. The topological polar surface area (TPSA) is 68.0 Å². The van der Waals surface area contributed by atoms with Gasteiger partial charge in [-0.15, -0.1) is 0 Å². The normalized spacial score (nSPS) is 24.3. The van der Waals surface area contributed by atoms with Crippen molar-refractivity contribution in [2.75, 3.05) is 5.32 Å². The van der Waals surface area contributed by atoms with Crippen molar-refractivity contribution < 1.29 is 4.79 Å². The van der Waals surface area contributed by atoms with Crippen LogP contribution in [0.5, 0.6) is 0 Å². The van der Waals surface area contributed by atoms with Gasteiger partial charge in [0.15, 0.2) is 0 Å². The highest BCUT2D eigenvalue weighted by molar-refractivity contribution is 5.97. The van der Waals surface area contributed by atoms with Crippen LogP contribution in [0.3, 0.4) is 0 Å². The first-order chi connectivity index (χ1) is 7.16. The van der Waals surface area contributed by atoms with Gasteiger partial charge in [-0.3, -0.25) is 4.79 Å². The summed E-state index contributed by atoms with van der Waals surface area (Å²) >= 11 is 0. The van der Waals surface area contributed by atoms with Crippen LogP contribution in [0.1, 0.15) is 30.1 Å². The van der Waals surface area contributed by atoms with E-state index in [2.05, 4.69) is 17.2 Å². The molecule has 0 atom stereocenters. The average molecular weight is 205 g/mol. The van der Waals surface area contributed by atoms with Gasteiger partial charge in [0.1, 0.15) is 5.82 Å². The molecular formula is C11H15N3O. The molecule has 0 spiro atoms. The molecule has 1 aromatic rings. The number of carbonyl (C=O) groups is 1. The van der Waals surface area contributed by atoms with Gasteiger partial charge in [-0.2, -0.15) is 0 Å². The van der Waals surface area contributed by atoms with Crippen molar-refractivity contribution in [3.05, 3.63) is 23.9 Å². The number of primary amides is 1. The molecule has 4 nitrogen and oxygen atoms in total. The number of amides is 1. The van der Waals surface area contributed by atoms with E-state index in [0.717, 1.165) is 18.8 Å². The molecule has 0 saturated heterocycles. The Hall–Kier alpha value is -1.58. The number of carbonyl (C=O) groups excluding carboxylic acids is 1. The smallest absolute Gasteiger partial charge is 0.252 e. The molecule has 80 valence electrons. The summed E-state index contributed by atoms with van der Waals surface area (Å²) in [5.74, 6) is 0.947. The number of nitrogens with zero attached hydrogens (tertiary/aromatic N) is 1. The zero-order valence-corrected chi connectivity index (χ0v) is 8.73. The SMILES string of the molecule is CC1CC(Nc2ncccc2C(N)=O)C1. The Morgan fingerprint density at radius 2 is 2.33 bits per heavy atom. The molecule has 1 aromatic heterocycles. The number of hydrogen-bond donors (Lipinski definition) is 2. The van der Waals surface area contributed by atoms with Crippen molar-refractivity contribution in [2.45, 2.75) is 25.8 Å². The molecule has 2 rings (SSSR count). The standard InChI is InChI=1S/C11H15N3O/c1-7-5-8(6-7)14-11-9(10(12)15)3-2-4-13-11/h2-4,7-8H,5-6H2,1H3,(H2,12,15)(H,13,14). The highest BCUT2D eigenvalue weighted by atomic mass is 16.1. The van der Waals surface area contributed by atoms with E-state index in [1.807, 2.05) is 0 Å². The first-order valence-corrected chi connectivity index (χ1v) is 5.18. The van der Waals surface area contributed by atoms with Gasteiger partial charge in [-0.25, -0.2) is 4.98 Å². The number of nitrogens with two attached hydrogens (primary N) is 1. The summed E-state index contributed by atoms with van der Waals surface area (Å²) in [4.78, 5) is 15.3. The van der Waals surface area contributed by atoms with Crippen molar-refractivity contribution in [3.63, 3.8) is 0 Å². The van der Waals surface area contributed by atoms with Gasteiger partial charge in [0, 0.05) is 12.2 Å². The molecule has 1 amide bonds. The minimum Gasteiger partial charge on any atom is -0.367 e. The number of aromatic nitrogens is 1. The Morgan fingerprint density at radius 3 is 2.93 bits per heavy atom. The maximum Gasteiger partial charge on any atom is 0.252 e. The molecule has 0 aliphatic heterocycles. The molecule has 1 heterocycles. The molecule has 3 N–H and O–H groups in total.